The zero-order valence-electron chi connectivity index (χ0n) is 16.9. The van der Waals surface area contributed by atoms with E-state index in [2.05, 4.69) is 5.32 Å². The smallest absolute Gasteiger partial charge is 0.306 e. The van der Waals surface area contributed by atoms with Gasteiger partial charge in [0.2, 0.25) is 0 Å². The lowest BCUT2D eigenvalue weighted by Gasteiger charge is -2.10. The molecular weight excluding hydrogens is 392 g/mol. The minimum Gasteiger partial charge on any atom is -0.494 e. The van der Waals surface area contributed by atoms with E-state index in [0.29, 0.717) is 5.56 Å². The molecule has 1 N–H and O–H groups in total. The Morgan fingerprint density at radius 1 is 1.07 bits per heavy atom. The van der Waals surface area contributed by atoms with Gasteiger partial charge in [-0.15, -0.1) is 0 Å². The molecule has 2 rings (SSSR count). The summed E-state index contributed by atoms with van der Waals surface area (Å²) < 4.78 is 9.92. The number of hydrogen-bond donors (Lipinski definition) is 1. The Balaban J connectivity index is 1.85. The van der Waals surface area contributed by atoms with Gasteiger partial charge in [0.25, 0.3) is 11.6 Å². The summed E-state index contributed by atoms with van der Waals surface area (Å²) in [6.45, 7) is 3.14. The van der Waals surface area contributed by atoms with Gasteiger partial charge in [-0.1, -0.05) is 17.7 Å². The molecule has 0 radical (unpaired) electrons. The number of esters is 1. The molecule has 1 amide bonds. The quantitative estimate of drug-likeness (QED) is 0.289. The van der Waals surface area contributed by atoms with Gasteiger partial charge in [-0.2, -0.15) is 0 Å². The summed E-state index contributed by atoms with van der Waals surface area (Å²) in [5.41, 5.74) is 2.35. The van der Waals surface area contributed by atoms with Crippen LogP contribution in [0.2, 0.25) is 0 Å². The number of aryl methyl sites for hydroxylation is 2. The summed E-state index contributed by atoms with van der Waals surface area (Å²) in [5.74, 6) is -1.40. The van der Waals surface area contributed by atoms with Crippen molar-refractivity contribution in [3.63, 3.8) is 0 Å². The first-order valence-corrected chi connectivity index (χ1v) is 9.09. The number of nitrogens with zero attached hydrogens (tertiary/aromatic N) is 1. The monoisotopic (exact) mass is 414 g/mol. The molecule has 0 aliphatic heterocycles. The Labute approximate surface area is 173 Å². The van der Waals surface area contributed by atoms with E-state index in [1.165, 1.54) is 25.3 Å². The number of hydrogen-bond acceptors (Lipinski definition) is 7. The minimum absolute atomic E-state index is 0.0269. The highest BCUT2D eigenvalue weighted by Gasteiger charge is 2.16. The largest absolute Gasteiger partial charge is 0.494 e. The first kappa shape index (κ1) is 22.5. The van der Waals surface area contributed by atoms with Crippen LogP contribution in [0.15, 0.2) is 36.4 Å². The van der Waals surface area contributed by atoms with Crippen molar-refractivity contribution in [2.24, 2.45) is 0 Å². The van der Waals surface area contributed by atoms with Crippen LogP contribution in [0.3, 0.4) is 0 Å². The van der Waals surface area contributed by atoms with Crippen LogP contribution in [-0.4, -0.2) is 36.3 Å². The molecule has 0 saturated heterocycles. The molecule has 0 unspecified atom stereocenters. The lowest BCUT2D eigenvalue weighted by molar-refractivity contribution is -0.384. The molecule has 9 nitrogen and oxygen atoms in total. The van der Waals surface area contributed by atoms with E-state index in [0.717, 1.165) is 11.1 Å². The van der Waals surface area contributed by atoms with E-state index in [4.69, 9.17) is 9.47 Å². The minimum atomic E-state index is -0.681. The first-order chi connectivity index (χ1) is 14.2. The molecule has 2 aromatic carbocycles. The number of non-ortho nitro benzene ring substituents is 1. The second kappa shape index (κ2) is 10.1. The number of nitro benzene ring substituents is 1. The molecule has 0 heterocycles. The fraction of sp³-hybridized carbons (Fsp3) is 0.286. The van der Waals surface area contributed by atoms with Crippen LogP contribution in [0, 0.1) is 24.0 Å². The van der Waals surface area contributed by atoms with Gasteiger partial charge in [0.05, 0.1) is 30.2 Å². The highest BCUT2D eigenvalue weighted by molar-refractivity contribution is 5.99. The number of nitrogens with one attached hydrogen (secondary N) is 1. The van der Waals surface area contributed by atoms with Gasteiger partial charge in [0.15, 0.2) is 12.4 Å². The normalized spacial score (nSPS) is 10.2. The van der Waals surface area contributed by atoms with Gasteiger partial charge in [-0.25, -0.2) is 0 Å². The number of anilines is 1. The number of amides is 1. The van der Waals surface area contributed by atoms with Crippen molar-refractivity contribution < 1.29 is 28.8 Å². The van der Waals surface area contributed by atoms with Crippen LogP contribution in [0.1, 0.15) is 34.3 Å². The van der Waals surface area contributed by atoms with Gasteiger partial charge in [-0.05, 0) is 31.5 Å². The zero-order chi connectivity index (χ0) is 22.3. The molecule has 0 fully saturated rings. The fourth-order valence-corrected chi connectivity index (χ4v) is 2.69. The van der Waals surface area contributed by atoms with Gasteiger partial charge in [-0.3, -0.25) is 24.5 Å². The van der Waals surface area contributed by atoms with Crippen LogP contribution in [0.4, 0.5) is 11.4 Å². The number of Topliss-reactive ketones (excluding diaryl/α,β-unsaturated/α-hetero) is 1. The van der Waals surface area contributed by atoms with Crippen LogP contribution in [0.5, 0.6) is 5.75 Å². The highest BCUT2D eigenvalue weighted by atomic mass is 16.6. The number of benzene rings is 2. The third-order valence-corrected chi connectivity index (χ3v) is 4.28. The molecule has 0 bridgehead atoms. The van der Waals surface area contributed by atoms with Crippen molar-refractivity contribution in [3.05, 3.63) is 63.2 Å². The summed E-state index contributed by atoms with van der Waals surface area (Å²) >= 11 is 0. The molecule has 0 saturated carbocycles. The van der Waals surface area contributed by atoms with Crippen molar-refractivity contribution >= 4 is 29.0 Å². The van der Waals surface area contributed by atoms with E-state index in [-0.39, 0.29) is 35.7 Å². The highest BCUT2D eigenvalue weighted by Crippen LogP contribution is 2.28. The van der Waals surface area contributed by atoms with Crippen molar-refractivity contribution in [1.29, 1.82) is 0 Å². The maximum atomic E-state index is 12.3. The molecule has 0 spiro atoms. The summed E-state index contributed by atoms with van der Waals surface area (Å²) in [4.78, 5) is 46.4. The number of nitro groups is 1. The Morgan fingerprint density at radius 3 is 2.47 bits per heavy atom. The SMILES string of the molecule is COc1cc([N+](=O)[O-])ccc1NC(=O)COC(=O)CCC(=O)c1cc(C)ccc1C. The topological polar surface area (TPSA) is 125 Å². The Bertz CT molecular complexity index is 985. The van der Waals surface area contributed by atoms with Crippen LogP contribution >= 0.6 is 0 Å². The van der Waals surface area contributed by atoms with Gasteiger partial charge < -0.3 is 14.8 Å². The van der Waals surface area contributed by atoms with Crippen LogP contribution in [0.25, 0.3) is 0 Å². The molecule has 0 aliphatic carbocycles. The molecular formula is C21H22N2O7. The second-order valence-electron chi connectivity index (χ2n) is 6.59. The summed E-state index contributed by atoms with van der Waals surface area (Å²) in [7, 11) is 1.31. The Kier molecular flexibility index (Phi) is 7.62. The number of carbonyl (C=O) groups excluding carboxylic acids is 3. The van der Waals surface area contributed by atoms with E-state index < -0.39 is 23.4 Å². The first-order valence-electron chi connectivity index (χ1n) is 9.09. The van der Waals surface area contributed by atoms with E-state index in [9.17, 15) is 24.5 Å². The van der Waals surface area contributed by atoms with E-state index in [1.54, 1.807) is 6.07 Å². The van der Waals surface area contributed by atoms with Crippen molar-refractivity contribution in [2.75, 3.05) is 19.0 Å². The predicted octanol–water partition coefficient (Wildman–Crippen LogP) is 3.37. The second-order valence-corrected chi connectivity index (χ2v) is 6.59. The average Bonchev–Trinajstić information content (AvgIpc) is 2.72. The molecule has 0 atom stereocenters. The molecule has 9 heteroatoms. The predicted molar refractivity (Wildman–Crippen MR) is 109 cm³/mol. The number of carbonyl (C=O) groups is 3. The Hall–Kier alpha value is -3.75. The van der Waals surface area contributed by atoms with Crippen molar-refractivity contribution in [1.82, 2.24) is 0 Å². The lowest BCUT2D eigenvalue weighted by Crippen LogP contribution is -2.21. The van der Waals surface area contributed by atoms with Crippen molar-refractivity contribution in [3.8, 4) is 5.75 Å². The lowest BCUT2D eigenvalue weighted by atomic mass is 9.99. The number of rotatable bonds is 9. The summed E-state index contributed by atoms with van der Waals surface area (Å²) in [5, 5.41) is 13.3. The van der Waals surface area contributed by atoms with Crippen LogP contribution < -0.4 is 10.1 Å². The Morgan fingerprint density at radius 2 is 1.80 bits per heavy atom. The zero-order valence-corrected chi connectivity index (χ0v) is 16.9. The van der Waals surface area contributed by atoms with Gasteiger partial charge in [0, 0.05) is 18.1 Å². The van der Waals surface area contributed by atoms with Crippen molar-refractivity contribution in [2.45, 2.75) is 26.7 Å². The number of ketones is 1. The fourth-order valence-electron chi connectivity index (χ4n) is 2.69. The number of methoxy groups -OCH3 is 1. The summed E-state index contributed by atoms with van der Waals surface area (Å²) in [6, 6.07) is 9.22. The number of ether oxygens (including phenoxy) is 2. The van der Waals surface area contributed by atoms with E-state index in [1.807, 2.05) is 26.0 Å². The molecule has 2 aromatic rings. The summed E-state index contributed by atoms with van der Waals surface area (Å²) in [6.07, 6.45) is -0.179. The molecule has 0 aromatic heterocycles. The standard InChI is InChI=1S/C21H22N2O7/c1-13-4-5-14(2)16(10-13)18(24)8-9-21(26)30-12-20(25)22-17-7-6-15(23(27)28)11-19(17)29-3/h4-7,10-11H,8-9,12H2,1-3H3,(H,22,25). The van der Waals surface area contributed by atoms with E-state index >= 15 is 0 Å². The molecule has 0 aliphatic rings. The van der Waals surface area contributed by atoms with Gasteiger partial charge in [0.1, 0.15) is 5.75 Å². The maximum Gasteiger partial charge on any atom is 0.306 e. The third-order valence-electron chi connectivity index (χ3n) is 4.28. The average molecular weight is 414 g/mol. The maximum absolute atomic E-state index is 12.3. The van der Waals surface area contributed by atoms with Crippen LogP contribution in [-0.2, 0) is 14.3 Å². The van der Waals surface area contributed by atoms with Gasteiger partial charge >= 0.3 is 5.97 Å². The molecule has 158 valence electrons. The molecule has 30 heavy (non-hydrogen) atoms. The third kappa shape index (κ3) is 6.13.